The second-order valence-electron chi connectivity index (χ2n) is 8.42. The van der Waals surface area contributed by atoms with Crippen LogP contribution in [0.2, 0.25) is 0 Å². The summed E-state index contributed by atoms with van der Waals surface area (Å²) in [5, 5.41) is 0. The third kappa shape index (κ3) is 6.41. The first-order valence-electron chi connectivity index (χ1n) is 12.0. The summed E-state index contributed by atoms with van der Waals surface area (Å²) in [7, 11) is 4.62. The minimum atomic E-state index is -0.579. The zero-order valence-corrected chi connectivity index (χ0v) is 22.2. The number of pyridine rings is 1. The molecule has 1 aromatic carbocycles. The average molecular weight is 515 g/mol. The average Bonchev–Trinajstić information content (AvgIpc) is 2.91. The molecule has 1 aliphatic rings. The smallest absolute Gasteiger partial charge is 0.326 e. The largest absolute Gasteiger partial charge is 0.497 e. The predicted molar refractivity (Wildman–Crippen MR) is 138 cm³/mol. The molecule has 200 valence electrons. The molecule has 1 aliphatic heterocycles. The van der Waals surface area contributed by atoms with Crippen LogP contribution in [0.1, 0.15) is 29.9 Å². The third-order valence-electron chi connectivity index (χ3n) is 6.10. The molecule has 1 aromatic heterocycles. The zero-order chi connectivity index (χ0) is 27.1. The maximum Gasteiger partial charge on any atom is 0.326 e. The van der Waals surface area contributed by atoms with Gasteiger partial charge in [0, 0.05) is 55.6 Å². The summed E-state index contributed by atoms with van der Waals surface area (Å²) in [5.74, 6) is 0.703. The van der Waals surface area contributed by atoms with Crippen LogP contribution in [-0.2, 0) is 9.53 Å². The molecule has 37 heavy (non-hydrogen) atoms. The van der Waals surface area contributed by atoms with Crippen molar-refractivity contribution in [1.29, 1.82) is 0 Å². The number of aryl methyl sites for hydroxylation is 1. The van der Waals surface area contributed by atoms with Crippen molar-refractivity contribution in [3.63, 3.8) is 0 Å². The van der Waals surface area contributed by atoms with Crippen LogP contribution < -0.4 is 24.0 Å². The number of Topliss-reactive ketones (excluding diaryl/α,β-unsaturated/α-hetero) is 1. The van der Waals surface area contributed by atoms with Crippen LogP contribution in [0.4, 0.5) is 16.2 Å². The summed E-state index contributed by atoms with van der Waals surface area (Å²) in [6.45, 7) is 6.53. The van der Waals surface area contributed by atoms with Crippen LogP contribution in [0.15, 0.2) is 24.3 Å². The molecule has 0 atom stereocenters. The van der Waals surface area contributed by atoms with Crippen molar-refractivity contribution >= 4 is 29.2 Å². The van der Waals surface area contributed by atoms with E-state index in [0.29, 0.717) is 48.9 Å². The number of nitrogens with zero attached hydrogens (tertiary/aromatic N) is 4. The topological polar surface area (TPSA) is 111 Å². The Labute approximate surface area is 216 Å². The number of ether oxygens (including phenoxy) is 4. The van der Waals surface area contributed by atoms with E-state index in [1.165, 1.54) is 18.9 Å². The lowest BCUT2D eigenvalue weighted by molar-refractivity contribution is -0.141. The number of esters is 1. The monoisotopic (exact) mass is 514 g/mol. The molecular formula is C26H34N4O7. The van der Waals surface area contributed by atoms with E-state index in [9.17, 15) is 14.4 Å². The number of aromatic nitrogens is 1. The molecule has 0 N–H and O–H groups in total. The van der Waals surface area contributed by atoms with E-state index in [1.807, 2.05) is 12.1 Å². The molecule has 11 heteroatoms. The molecule has 0 spiro atoms. The van der Waals surface area contributed by atoms with E-state index < -0.39 is 12.0 Å². The number of carbonyl (C=O) groups is 3. The van der Waals surface area contributed by atoms with Gasteiger partial charge in [0.25, 0.3) is 0 Å². The van der Waals surface area contributed by atoms with Crippen molar-refractivity contribution in [2.45, 2.75) is 20.8 Å². The molecule has 11 nitrogen and oxygen atoms in total. The molecule has 1 fully saturated rings. The van der Waals surface area contributed by atoms with Gasteiger partial charge in [-0.05, 0) is 26.8 Å². The van der Waals surface area contributed by atoms with Crippen LogP contribution >= 0.6 is 0 Å². The fourth-order valence-electron chi connectivity index (χ4n) is 4.17. The van der Waals surface area contributed by atoms with E-state index in [0.717, 1.165) is 5.69 Å². The third-order valence-corrected chi connectivity index (χ3v) is 6.10. The Morgan fingerprint density at radius 3 is 2.08 bits per heavy atom. The lowest BCUT2D eigenvalue weighted by Gasteiger charge is -2.38. The van der Waals surface area contributed by atoms with E-state index >= 15 is 0 Å². The number of amides is 2. The van der Waals surface area contributed by atoms with Gasteiger partial charge in [0.2, 0.25) is 5.88 Å². The number of piperazine rings is 1. The van der Waals surface area contributed by atoms with Gasteiger partial charge in [0.1, 0.15) is 23.7 Å². The van der Waals surface area contributed by atoms with Crippen LogP contribution in [0.25, 0.3) is 0 Å². The molecule has 2 amide bonds. The standard InChI is InChI=1S/C26H34N4O7/c1-7-37-24(32)16-30(23-15-22(18(3)31)17(2)27-25(23)36-6)26(33)29-10-8-28(9-11-29)19-12-20(34-4)14-21(13-19)35-5/h12-15H,7-11,16H2,1-6H3. The minimum Gasteiger partial charge on any atom is -0.497 e. The molecular weight excluding hydrogens is 480 g/mol. The first-order chi connectivity index (χ1) is 17.7. The van der Waals surface area contributed by atoms with Gasteiger partial charge >= 0.3 is 12.0 Å². The van der Waals surface area contributed by atoms with Crippen molar-refractivity contribution in [1.82, 2.24) is 9.88 Å². The Balaban J connectivity index is 1.87. The second-order valence-corrected chi connectivity index (χ2v) is 8.42. The van der Waals surface area contributed by atoms with Gasteiger partial charge in [-0.2, -0.15) is 0 Å². The van der Waals surface area contributed by atoms with Crippen LogP contribution in [-0.4, -0.2) is 88.3 Å². The number of anilines is 2. The predicted octanol–water partition coefficient (Wildman–Crippen LogP) is 2.93. The fraction of sp³-hybridized carbons (Fsp3) is 0.462. The molecule has 0 radical (unpaired) electrons. The van der Waals surface area contributed by atoms with E-state index in [2.05, 4.69) is 9.88 Å². The Morgan fingerprint density at radius 1 is 0.946 bits per heavy atom. The number of methoxy groups -OCH3 is 3. The Kier molecular flexibility index (Phi) is 9.15. The molecule has 2 aromatic rings. The number of hydrogen-bond acceptors (Lipinski definition) is 9. The number of hydrogen-bond donors (Lipinski definition) is 0. The first kappa shape index (κ1) is 27.6. The molecule has 2 heterocycles. The maximum absolute atomic E-state index is 13.7. The number of ketones is 1. The summed E-state index contributed by atoms with van der Waals surface area (Å²) in [6, 6.07) is 6.77. The van der Waals surface area contributed by atoms with Gasteiger partial charge in [0.05, 0.1) is 33.6 Å². The van der Waals surface area contributed by atoms with Gasteiger partial charge in [-0.1, -0.05) is 0 Å². The summed E-state index contributed by atoms with van der Waals surface area (Å²) in [5.41, 5.74) is 1.96. The fourth-order valence-corrected chi connectivity index (χ4v) is 4.17. The highest BCUT2D eigenvalue weighted by atomic mass is 16.5. The van der Waals surface area contributed by atoms with Gasteiger partial charge in [-0.15, -0.1) is 0 Å². The highest BCUT2D eigenvalue weighted by Gasteiger charge is 2.31. The number of rotatable bonds is 9. The highest BCUT2D eigenvalue weighted by Crippen LogP contribution is 2.32. The first-order valence-corrected chi connectivity index (χ1v) is 12.0. The van der Waals surface area contributed by atoms with Gasteiger partial charge < -0.3 is 28.7 Å². The lowest BCUT2D eigenvalue weighted by Crippen LogP contribution is -2.54. The summed E-state index contributed by atoms with van der Waals surface area (Å²) in [4.78, 5) is 47.8. The van der Waals surface area contributed by atoms with Crippen molar-refractivity contribution in [3.05, 3.63) is 35.5 Å². The molecule has 1 saturated heterocycles. The summed E-state index contributed by atoms with van der Waals surface area (Å²) < 4.78 is 21.3. The SMILES string of the molecule is CCOC(=O)CN(C(=O)N1CCN(c2cc(OC)cc(OC)c2)CC1)c1cc(C(C)=O)c(C)nc1OC. The number of carbonyl (C=O) groups excluding carboxylic acids is 3. The highest BCUT2D eigenvalue weighted by molar-refractivity contribution is 6.01. The Bertz CT molecular complexity index is 1120. The maximum atomic E-state index is 13.7. The number of urea groups is 1. The van der Waals surface area contributed by atoms with Crippen molar-refractivity contribution in [3.8, 4) is 17.4 Å². The quantitative estimate of drug-likeness (QED) is 0.368. The van der Waals surface area contributed by atoms with Crippen molar-refractivity contribution in [2.75, 3.05) is 70.5 Å². The second kappa shape index (κ2) is 12.3. The summed E-state index contributed by atoms with van der Waals surface area (Å²) in [6.07, 6.45) is 0. The lowest BCUT2D eigenvalue weighted by atomic mass is 10.1. The van der Waals surface area contributed by atoms with Crippen LogP contribution in [0.3, 0.4) is 0 Å². The Hall–Kier alpha value is -4.02. The van der Waals surface area contributed by atoms with Gasteiger partial charge in [-0.3, -0.25) is 14.5 Å². The van der Waals surface area contributed by atoms with Crippen molar-refractivity contribution < 1.29 is 33.3 Å². The van der Waals surface area contributed by atoms with Crippen LogP contribution in [0, 0.1) is 6.92 Å². The van der Waals surface area contributed by atoms with E-state index in [1.54, 1.807) is 45.1 Å². The van der Waals surface area contributed by atoms with Crippen LogP contribution in [0.5, 0.6) is 17.4 Å². The molecule has 0 unspecified atom stereocenters. The zero-order valence-electron chi connectivity index (χ0n) is 22.2. The molecule has 0 saturated carbocycles. The Morgan fingerprint density at radius 2 is 1.57 bits per heavy atom. The normalized spacial score (nSPS) is 13.1. The minimum absolute atomic E-state index is 0.141. The molecule has 0 bridgehead atoms. The van der Waals surface area contributed by atoms with Gasteiger partial charge in [-0.25, -0.2) is 9.78 Å². The molecule has 0 aliphatic carbocycles. The van der Waals surface area contributed by atoms with E-state index in [-0.39, 0.29) is 30.5 Å². The summed E-state index contributed by atoms with van der Waals surface area (Å²) >= 11 is 0. The molecule has 3 rings (SSSR count). The number of benzene rings is 1. The van der Waals surface area contributed by atoms with Crippen molar-refractivity contribution in [2.24, 2.45) is 0 Å². The van der Waals surface area contributed by atoms with E-state index in [4.69, 9.17) is 18.9 Å². The van der Waals surface area contributed by atoms with Gasteiger partial charge in [0.15, 0.2) is 5.78 Å².